The van der Waals surface area contributed by atoms with Gasteiger partial charge in [-0.05, 0) is 51.9 Å². The van der Waals surface area contributed by atoms with E-state index in [-0.39, 0.29) is 0 Å². The molecular weight excluding hydrogens is 402 g/mol. The predicted octanol–water partition coefficient (Wildman–Crippen LogP) is 7.33. The van der Waals surface area contributed by atoms with Crippen LogP contribution in [0.1, 0.15) is 11.1 Å². The van der Waals surface area contributed by atoms with E-state index >= 15 is 0 Å². The highest BCUT2D eigenvalue weighted by Gasteiger charge is 2.25. The fourth-order valence-corrected chi connectivity index (χ4v) is 5.51. The Labute approximate surface area is 190 Å². The Hall–Kier alpha value is -4.86. The van der Waals surface area contributed by atoms with Crippen molar-refractivity contribution in [3.05, 3.63) is 102 Å². The standard InChI is InChI=1S/C30H15N3/c31-16-18-7-5-14-28(26(18)17-32)33-27-13-4-3-10-21(27)25-15-24-20-9-2-1-8-19(20)22-11-6-12-23(29(22)24)30(25)33/h1-15H. The number of para-hydroxylation sites is 1. The summed E-state index contributed by atoms with van der Waals surface area (Å²) in [5.41, 5.74) is 8.61. The predicted molar refractivity (Wildman–Crippen MR) is 132 cm³/mol. The van der Waals surface area contributed by atoms with E-state index in [9.17, 15) is 10.5 Å². The number of hydrogen-bond donors (Lipinski definition) is 0. The zero-order chi connectivity index (χ0) is 22.1. The number of benzene rings is 5. The quantitative estimate of drug-likeness (QED) is 0.281. The van der Waals surface area contributed by atoms with Gasteiger partial charge in [-0.25, -0.2) is 0 Å². The molecule has 1 aliphatic carbocycles. The minimum absolute atomic E-state index is 0.388. The molecule has 33 heavy (non-hydrogen) atoms. The van der Waals surface area contributed by atoms with Crippen molar-refractivity contribution < 1.29 is 0 Å². The molecule has 150 valence electrons. The minimum Gasteiger partial charge on any atom is -0.307 e. The molecule has 0 saturated carbocycles. The van der Waals surface area contributed by atoms with Crippen LogP contribution in [0.2, 0.25) is 0 Å². The van der Waals surface area contributed by atoms with Crippen LogP contribution >= 0.6 is 0 Å². The van der Waals surface area contributed by atoms with Gasteiger partial charge in [-0.1, -0.05) is 66.7 Å². The first kappa shape index (κ1) is 17.8. The van der Waals surface area contributed by atoms with Gasteiger partial charge in [0.1, 0.15) is 12.1 Å². The molecule has 0 saturated heterocycles. The van der Waals surface area contributed by atoms with Crippen LogP contribution < -0.4 is 0 Å². The van der Waals surface area contributed by atoms with Crippen molar-refractivity contribution in [3.63, 3.8) is 0 Å². The molecule has 6 aromatic rings. The van der Waals surface area contributed by atoms with Crippen molar-refractivity contribution >= 4 is 32.6 Å². The lowest BCUT2D eigenvalue weighted by Gasteiger charge is -2.13. The molecule has 0 aliphatic heterocycles. The van der Waals surface area contributed by atoms with E-state index in [0.717, 1.165) is 32.9 Å². The summed E-state index contributed by atoms with van der Waals surface area (Å²) < 4.78 is 2.16. The van der Waals surface area contributed by atoms with E-state index in [1.807, 2.05) is 18.2 Å². The molecule has 3 heteroatoms. The van der Waals surface area contributed by atoms with Gasteiger partial charge in [0.05, 0.1) is 27.8 Å². The van der Waals surface area contributed by atoms with E-state index in [2.05, 4.69) is 83.4 Å². The van der Waals surface area contributed by atoms with Crippen molar-refractivity contribution in [2.45, 2.75) is 0 Å². The van der Waals surface area contributed by atoms with Crippen molar-refractivity contribution in [2.75, 3.05) is 0 Å². The van der Waals surface area contributed by atoms with E-state index in [0.29, 0.717) is 11.1 Å². The number of aromatic nitrogens is 1. The third-order valence-electron chi connectivity index (χ3n) is 6.81. The Bertz CT molecular complexity index is 1890. The van der Waals surface area contributed by atoms with Crippen LogP contribution in [0.4, 0.5) is 0 Å². The molecule has 7 rings (SSSR count). The summed E-state index contributed by atoms with van der Waals surface area (Å²) >= 11 is 0. The van der Waals surface area contributed by atoms with Gasteiger partial charge in [-0.2, -0.15) is 10.5 Å². The van der Waals surface area contributed by atoms with Crippen LogP contribution in [0.5, 0.6) is 0 Å². The van der Waals surface area contributed by atoms with Gasteiger partial charge >= 0.3 is 0 Å². The summed E-state index contributed by atoms with van der Waals surface area (Å²) in [7, 11) is 0. The Morgan fingerprint density at radius 2 is 1.27 bits per heavy atom. The maximum Gasteiger partial charge on any atom is 0.103 e. The van der Waals surface area contributed by atoms with E-state index in [1.165, 1.54) is 27.6 Å². The lowest BCUT2D eigenvalue weighted by atomic mass is 9.99. The van der Waals surface area contributed by atoms with Gasteiger partial charge in [-0.15, -0.1) is 0 Å². The molecule has 1 heterocycles. The monoisotopic (exact) mass is 417 g/mol. The normalized spacial score (nSPS) is 11.6. The molecule has 0 fully saturated rings. The number of nitriles is 2. The molecule has 3 nitrogen and oxygen atoms in total. The third-order valence-corrected chi connectivity index (χ3v) is 6.81. The Morgan fingerprint density at radius 1 is 0.576 bits per heavy atom. The van der Waals surface area contributed by atoms with Crippen molar-refractivity contribution in [1.82, 2.24) is 4.57 Å². The van der Waals surface area contributed by atoms with Crippen molar-refractivity contribution in [1.29, 1.82) is 10.5 Å². The molecule has 0 N–H and O–H groups in total. The molecule has 1 aliphatic rings. The molecule has 0 radical (unpaired) electrons. The Morgan fingerprint density at radius 3 is 2.09 bits per heavy atom. The molecule has 0 amide bonds. The van der Waals surface area contributed by atoms with Crippen LogP contribution in [0, 0.1) is 22.7 Å². The zero-order valence-electron chi connectivity index (χ0n) is 17.5. The summed E-state index contributed by atoms with van der Waals surface area (Å²) in [6, 6.07) is 35.6. The van der Waals surface area contributed by atoms with E-state index in [1.54, 1.807) is 6.07 Å². The SMILES string of the molecule is N#Cc1cccc(-n2c3ccccc3c3cc4c5c(cccc5c32)-c2ccccc2-4)c1C#N. The molecule has 0 atom stereocenters. The molecule has 5 aromatic carbocycles. The van der Waals surface area contributed by atoms with Gasteiger partial charge in [0, 0.05) is 16.2 Å². The topological polar surface area (TPSA) is 52.5 Å². The summed E-state index contributed by atoms with van der Waals surface area (Å²) in [6.07, 6.45) is 0. The van der Waals surface area contributed by atoms with Crippen LogP contribution in [-0.2, 0) is 0 Å². The van der Waals surface area contributed by atoms with Gasteiger partial charge in [0.15, 0.2) is 0 Å². The second-order valence-electron chi connectivity index (χ2n) is 8.37. The van der Waals surface area contributed by atoms with Crippen molar-refractivity contribution in [3.8, 4) is 40.1 Å². The van der Waals surface area contributed by atoms with Gasteiger partial charge in [-0.3, -0.25) is 0 Å². The highest BCUT2D eigenvalue weighted by molar-refractivity contribution is 6.27. The lowest BCUT2D eigenvalue weighted by Crippen LogP contribution is -2.00. The smallest absolute Gasteiger partial charge is 0.103 e. The van der Waals surface area contributed by atoms with Gasteiger partial charge < -0.3 is 4.57 Å². The highest BCUT2D eigenvalue weighted by Crippen LogP contribution is 2.50. The first-order valence-electron chi connectivity index (χ1n) is 10.8. The lowest BCUT2D eigenvalue weighted by molar-refractivity contribution is 1.17. The minimum atomic E-state index is 0.388. The van der Waals surface area contributed by atoms with Crippen LogP contribution in [0.25, 0.3) is 60.5 Å². The number of rotatable bonds is 1. The number of fused-ring (bicyclic) bond motifs is 7. The van der Waals surface area contributed by atoms with E-state index < -0.39 is 0 Å². The van der Waals surface area contributed by atoms with E-state index in [4.69, 9.17) is 0 Å². The largest absolute Gasteiger partial charge is 0.307 e. The fourth-order valence-electron chi connectivity index (χ4n) is 5.51. The molecule has 0 bridgehead atoms. The van der Waals surface area contributed by atoms with Crippen LogP contribution in [0.3, 0.4) is 0 Å². The highest BCUT2D eigenvalue weighted by atomic mass is 15.0. The molecule has 0 spiro atoms. The Balaban J connectivity index is 1.76. The zero-order valence-corrected chi connectivity index (χ0v) is 17.5. The van der Waals surface area contributed by atoms with Gasteiger partial charge in [0.2, 0.25) is 0 Å². The summed E-state index contributed by atoms with van der Waals surface area (Å²) in [5, 5.41) is 24.3. The number of hydrogen-bond acceptors (Lipinski definition) is 2. The average Bonchev–Trinajstić information content (AvgIpc) is 3.38. The third kappa shape index (κ3) is 2.16. The van der Waals surface area contributed by atoms with Gasteiger partial charge in [0.25, 0.3) is 0 Å². The Kier molecular flexibility index (Phi) is 3.41. The summed E-state index contributed by atoms with van der Waals surface area (Å²) in [5.74, 6) is 0. The summed E-state index contributed by atoms with van der Waals surface area (Å²) in [4.78, 5) is 0. The van der Waals surface area contributed by atoms with Crippen LogP contribution in [-0.4, -0.2) is 4.57 Å². The fraction of sp³-hybridized carbons (Fsp3) is 0. The summed E-state index contributed by atoms with van der Waals surface area (Å²) in [6.45, 7) is 0. The second-order valence-corrected chi connectivity index (χ2v) is 8.37. The second kappa shape index (κ2) is 6.33. The first-order valence-corrected chi connectivity index (χ1v) is 10.8. The van der Waals surface area contributed by atoms with Crippen LogP contribution in [0.15, 0.2) is 91.0 Å². The van der Waals surface area contributed by atoms with Crippen molar-refractivity contribution in [2.24, 2.45) is 0 Å². The molecule has 0 unspecified atom stereocenters. The first-order chi connectivity index (χ1) is 16.3. The molecule has 1 aromatic heterocycles. The maximum atomic E-state index is 9.99. The average molecular weight is 417 g/mol. The number of nitrogens with zero attached hydrogens (tertiary/aromatic N) is 3. The maximum absolute atomic E-state index is 9.99. The molecular formula is C30H15N3.